The van der Waals surface area contributed by atoms with Crippen LogP contribution >= 0.6 is 0 Å². The van der Waals surface area contributed by atoms with Crippen LogP contribution in [0.25, 0.3) is 0 Å². The number of rotatable bonds is 5. The van der Waals surface area contributed by atoms with E-state index < -0.39 is 10.0 Å². The minimum atomic E-state index is -3.14. The molecule has 4 nitrogen and oxygen atoms in total. The van der Waals surface area contributed by atoms with Gasteiger partial charge < -0.3 is 5.73 Å². The molecule has 1 heterocycles. The summed E-state index contributed by atoms with van der Waals surface area (Å²) in [6.45, 7) is 7.66. The number of hydrogen-bond donors (Lipinski definition) is 1. The number of nitrogens with zero attached hydrogens (tertiary/aromatic N) is 1. The summed E-state index contributed by atoms with van der Waals surface area (Å²) in [6, 6.07) is -0.237. The van der Waals surface area contributed by atoms with E-state index in [0.29, 0.717) is 24.9 Å². The van der Waals surface area contributed by atoms with Gasteiger partial charge in [-0.3, -0.25) is 0 Å². The molecule has 1 aliphatic rings. The smallest absolute Gasteiger partial charge is 0.215 e. The first kappa shape index (κ1) is 14.9. The quantitative estimate of drug-likeness (QED) is 0.818. The van der Waals surface area contributed by atoms with Crippen LogP contribution in [-0.2, 0) is 10.0 Å². The van der Waals surface area contributed by atoms with Gasteiger partial charge in [0.1, 0.15) is 0 Å². The van der Waals surface area contributed by atoms with E-state index in [9.17, 15) is 8.42 Å². The lowest BCUT2D eigenvalue weighted by atomic mass is 9.79. The molecule has 0 aromatic carbocycles. The van der Waals surface area contributed by atoms with Crippen LogP contribution in [0.2, 0.25) is 0 Å². The Labute approximate surface area is 106 Å². The Balaban J connectivity index is 2.59. The predicted octanol–water partition coefficient (Wildman–Crippen LogP) is 1.57. The van der Waals surface area contributed by atoms with Gasteiger partial charge in [-0.2, -0.15) is 0 Å². The van der Waals surface area contributed by atoms with Gasteiger partial charge in [-0.05, 0) is 24.7 Å². The van der Waals surface area contributed by atoms with Crippen molar-refractivity contribution in [2.75, 3.05) is 18.8 Å². The lowest BCUT2D eigenvalue weighted by Crippen LogP contribution is -2.45. The van der Waals surface area contributed by atoms with Gasteiger partial charge in [0.2, 0.25) is 10.0 Å². The summed E-state index contributed by atoms with van der Waals surface area (Å²) >= 11 is 0. The van der Waals surface area contributed by atoms with Gasteiger partial charge in [0, 0.05) is 19.1 Å². The van der Waals surface area contributed by atoms with Crippen molar-refractivity contribution < 1.29 is 8.42 Å². The fourth-order valence-electron chi connectivity index (χ4n) is 2.15. The summed E-state index contributed by atoms with van der Waals surface area (Å²) in [4.78, 5) is 0. The fraction of sp³-hybridized carbons (Fsp3) is 1.00. The van der Waals surface area contributed by atoms with E-state index in [-0.39, 0.29) is 11.8 Å². The summed E-state index contributed by atoms with van der Waals surface area (Å²) in [7, 11) is -3.14. The maximum Gasteiger partial charge on any atom is 0.215 e. The van der Waals surface area contributed by atoms with Crippen molar-refractivity contribution in [3.63, 3.8) is 0 Å². The van der Waals surface area contributed by atoms with E-state index in [1.165, 1.54) is 0 Å². The third kappa shape index (κ3) is 3.93. The van der Waals surface area contributed by atoms with Crippen LogP contribution in [0.5, 0.6) is 0 Å². The van der Waals surface area contributed by atoms with E-state index in [1.54, 1.807) is 4.31 Å². The highest BCUT2D eigenvalue weighted by atomic mass is 32.2. The van der Waals surface area contributed by atoms with Gasteiger partial charge in [-0.1, -0.05) is 27.2 Å². The minimum absolute atomic E-state index is 0.0896. The van der Waals surface area contributed by atoms with Crippen molar-refractivity contribution in [3.8, 4) is 0 Å². The first-order valence-electron chi connectivity index (χ1n) is 6.56. The van der Waals surface area contributed by atoms with E-state index in [1.807, 2.05) is 6.92 Å². The third-order valence-electron chi connectivity index (χ3n) is 4.13. The lowest BCUT2D eigenvalue weighted by molar-refractivity contribution is 0.169. The van der Waals surface area contributed by atoms with Crippen LogP contribution in [0.4, 0.5) is 0 Å². The van der Waals surface area contributed by atoms with Gasteiger partial charge in [0.05, 0.1) is 5.75 Å². The highest BCUT2D eigenvalue weighted by Crippen LogP contribution is 2.34. The molecule has 102 valence electrons. The molecule has 0 amide bonds. The molecule has 1 atom stereocenters. The second-order valence-electron chi connectivity index (χ2n) is 5.51. The first-order valence-corrected chi connectivity index (χ1v) is 8.17. The van der Waals surface area contributed by atoms with E-state index >= 15 is 0 Å². The monoisotopic (exact) mass is 262 g/mol. The Bertz CT molecular complexity index is 332. The summed E-state index contributed by atoms with van der Waals surface area (Å²) in [5, 5.41) is 0. The average molecular weight is 262 g/mol. The number of sulfonamides is 1. The molecule has 1 unspecified atom stereocenters. The largest absolute Gasteiger partial charge is 0.327 e. The molecule has 0 aromatic rings. The molecule has 17 heavy (non-hydrogen) atoms. The van der Waals surface area contributed by atoms with Crippen LogP contribution in [0.3, 0.4) is 0 Å². The molecular weight excluding hydrogens is 236 g/mol. The second-order valence-corrected chi connectivity index (χ2v) is 7.52. The molecule has 0 bridgehead atoms. The van der Waals surface area contributed by atoms with Crippen LogP contribution in [0.15, 0.2) is 0 Å². The Kier molecular flexibility index (Phi) is 4.98. The molecule has 1 fully saturated rings. The van der Waals surface area contributed by atoms with Crippen molar-refractivity contribution in [1.82, 2.24) is 4.31 Å². The van der Waals surface area contributed by atoms with Gasteiger partial charge in [0.25, 0.3) is 0 Å². The van der Waals surface area contributed by atoms with E-state index in [0.717, 1.165) is 19.3 Å². The van der Waals surface area contributed by atoms with Gasteiger partial charge in [-0.25, -0.2) is 12.7 Å². The highest BCUT2D eigenvalue weighted by molar-refractivity contribution is 7.89. The zero-order valence-corrected chi connectivity index (χ0v) is 12.1. The fourth-order valence-corrected chi connectivity index (χ4v) is 3.88. The molecule has 1 rings (SSSR count). The molecule has 2 N–H and O–H groups in total. The maximum absolute atomic E-state index is 12.1. The molecule has 1 saturated heterocycles. The van der Waals surface area contributed by atoms with Gasteiger partial charge in [-0.15, -0.1) is 0 Å². The molecule has 0 saturated carbocycles. The van der Waals surface area contributed by atoms with Crippen molar-refractivity contribution in [2.24, 2.45) is 11.1 Å². The zero-order valence-electron chi connectivity index (χ0n) is 11.3. The standard InChI is InChI=1S/C12H26N2O2S/c1-4-11(13)10-17(15,16)14-8-6-12(3,5-2)7-9-14/h11H,4-10,13H2,1-3H3. The topological polar surface area (TPSA) is 63.4 Å². The second kappa shape index (κ2) is 5.67. The molecular formula is C12H26N2O2S. The van der Waals surface area contributed by atoms with E-state index in [4.69, 9.17) is 5.73 Å². The Morgan fingerprint density at radius 3 is 2.24 bits per heavy atom. The van der Waals surface area contributed by atoms with Crippen LogP contribution in [0, 0.1) is 5.41 Å². The Hall–Kier alpha value is -0.130. The van der Waals surface area contributed by atoms with Crippen LogP contribution in [0.1, 0.15) is 46.5 Å². The molecule has 5 heteroatoms. The van der Waals surface area contributed by atoms with E-state index in [2.05, 4.69) is 13.8 Å². The van der Waals surface area contributed by atoms with Crippen molar-refractivity contribution >= 4 is 10.0 Å². The minimum Gasteiger partial charge on any atom is -0.327 e. The van der Waals surface area contributed by atoms with Crippen molar-refractivity contribution in [1.29, 1.82) is 0 Å². The lowest BCUT2D eigenvalue weighted by Gasteiger charge is -2.38. The summed E-state index contributed by atoms with van der Waals surface area (Å²) in [6.07, 6.45) is 3.75. The molecule has 0 aromatic heterocycles. The highest BCUT2D eigenvalue weighted by Gasteiger charge is 2.33. The van der Waals surface area contributed by atoms with Crippen LogP contribution in [-0.4, -0.2) is 37.6 Å². The maximum atomic E-state index is 12.1. The summed E-state index contributed by atoms with van der Waals surface area (Å²) in [5.41, 5.74) is 6.06. The summed E-state index contributed by atoms with van der Waals surface area (Å²) < 4.78 is 25.8. The first-order chi connectivity index (χ1) is 7.83. The molecule has 1 aliphatic heterocycles. The Morgan fingerprint density at radius 2 is 1.82 bits per heavy atom. The van der Waals surface area contributed by atoms with Gasteiger partial charge in [0.15, 0.2) is 0 Å². The Morgan fingerprint density at radius 1 is 1.29 bits per heavy atom. The molecule has 0 radical (unpaired) electrons. The normalized spacial score (nSPS) is 23.5. The SMILES string of the molecule is CCC(N)CS(=O)(=O)N1CCC(C)(CC)CC1. The zero-order chi connectivity index (χ0) is 13.1. The average Bonchev–Trinajstić information content (AvgIpc) is 2.29. The number of hydrogen-bond acceptors (Lipinski definition) is 3. The molecule has 0 spiro atoms. The van der Waals surface area contributed by atoms with Crippen molar-refractivity contribution in [2.45, 2.75) is 52.5 Å². The third-order valence-corrected chi connectivity index (χ3v) is 6.13. The number of piperidine rings is 1. The van der Waals surface area contributed by atoms with Crippen LogP contribution < -0.4 is 5.73 Å². The molecule has 0 aliphatic carbocycles. The van der Waals surface area contributed by atoms with Crippen molar-refractivity contribution in [3.05, 3.63) is 0 Å². The number of nitrogens with two attached hydrogens (primary N) is 1. The summed E-state index contributed by atoms with van der Waals surface area (Å²) in [5.74, 6) is 0.0896. The van der Waals surface area contributed by atoms with Gasteiger partial charge >= 0.3 is 0 Å². The predicted molar refractivity (Wildman–Crippen MR) is 71.3 cm³/mol.